The highest BCUT2D eigenvalue weighted by Gasteiger charge is 2.45. The lowest BCUT2D eigenvalue weighted by molar-refractivity contribution is 0.0274. The molecule has 6 heteroatoms. The lowest BCUT2D eigenvalue weighted by atomic mass is 9.86. The summed E-state index contributed by atoms with van der Waals surface area (Å²) in [6, 6.07) is 0. The van der Waals surface area contributed by atoms with Crippen LogP contribution >= 0.6 is 0 Å². The molecule has 1 amide bonds. The Kier molecular flexibility index (Phi) is 5.73. The van der Waals surface area contributed by atoms with Crippen LogP contribution in [0.4, 0.5) is 4.79 Å². The van der Waals surface area contributed by atoms with Gasteiger partial charge in [0.15, 0.2) is 5.94 Å². The molecular formula is C18H28N2O4. The molecule has 0 radical (unpaired) electrons. The molecule has 0 aliphatic carbocycles. The topological polar surface area (TPSA) is 59.1 Å². The fraction of sp³-hybridized carbons (Fsp3) is 0.722. The van der Waals surface area contributed by atoms with Crippen LogP contribution in [0.2, 0.25) is 0 Å². The molecule has 134 valence electrons. The standard InChI is InChI=1S/C18H28N2O4/c1-17(2,3)24-16(22)20-11-8-18(14-20)7-10-19(13-18)9-5-6-15(12-21)23-4/h5-6H,7-11,13-14H2,1-4H3/b6-5+. The van der Waals surface area contributed by atoms with Gasteiger partial charge >= 0.3 is 6.09 Å². The smallest absolute Gasteiger partial charge is 0.410 e. The predicted octanol–water partition coefficient (Wildman–Crippen LogP) is 2.24. The summed E-state index contributed by atoms with van der Waals surface area (Å²) in [7, 11) is 1.46. The van der Waals surface area contributed by atoms with E-state index in [9.17, 15) is 9.59 Å². The molecular weight excluding hydrogens is 308 g/mol. The van der Waals surface area contributed by atoms with Crippen molar-refractivity contribution >= 4 is 12.0 Å². The predicted molar refractivity (Wildman–Crippen MR) is 91.3 cm³/mol. The lowest BCUT2D eigenvalue weighted by Crippen LogP contribution is -2.37. The van der Waals surface area contributed by atoms with Crippen LogP contribution in [0.25, 0.3) is 0 Å². The molecule has 2 fully saturated rings. The third-order valence-electron chi connectivity index (χ3n) is 4.56. The highest BCUT2D eigenvalue weighted by atomic mass is 16.6. The first-order valence-electron chi connectivity index (χ1n) is 8.43. The average Bonchev–Trinajstić information content (AvgIpc) is 3.10. The van der Waals surface area contributed by atoms with Gasteiger partial charge < -0.3 is 14.4 Å². The van der Waals surface area contributed by atoms with E-state index in [2.05, 4.69) is 4.90 Å². The molecule has 2 aliphatic heterocycles. The number of carbonyl (C=O) groups excluding carboxylic acids is 2. The van der Waals surface area contributed by atoms with Crippen LogP contribution in [-0.4, -0.2) is 67.3 Å². The summed E-state index contributed by atoms with van der Waals surface area (Å²) in [4.78, 5) is 27.0. The normalized spacial score (nSPS) is 24.6. The van der Waals surface area contributed by atoms with Crippen LogP contribution in [0, 0.1) is 5.41 Å². The highest BCUT2D eigenvalue weighted by molar-refractivity contribution is 5.68. The van der Waals surface area contributed by atoms with Gasteiger partial charge in [-0.05, 0) is 46.2 Å². The molecule has 6 nitrogen and oxygen atoms in total. The highest BCUT2D eigenvalue weighted by Crippen LogP contribution is 2.39. The molecule has 1 unspecified atom stereocenters. The van der Waals surface area contributed by atoms with Gasteiger partial charge in [-0.25, -0.2) is 9.59 Å². The second-order valence-corrected chi connectivity index (χ2v) is 7.71. The quantitative estimate of drug-likeness (QED) is 0.448. The number of likely N-dealkylation sites (tertiary alicyclic amines) is 2. The van der Waals surface area contributed by atoms with Gasteiger partial charge in [-0.1, -0.05) is 6.08 Å². The summed E-state index contributed by atoms with van der Waals surface area (Å²) in [6.07, 6.45) is 5.46. The fourth-order valence-corrected chi connectivity index (χ4v) is 3.39. The van der Waals surface area contributed by atoms with Crippen molar-refractivity contribution in [2.45, 2.75) is 39.2 Å². The summed E-state index contributed by atoms with van der Waals surface area (Å²) >= 11 is 0. The second kappa shape index (κ2) is 7.41. The Labute approximate surface area is 144 Å². The average molecular weight is 336 g/mol. The minimum absolute atomic E-state index is 0.176. The van der Waals surface area contributed by atoms with Crippen LogP contribution < -0.4 is 0 Å². The van der Waals surface area contributed by atoms with Crippen LogP contribution in [-0.2, 0) is 14.3 Å². The van der Waals surface area contributed by atoms with Crippen LogP contribution in [0.15, 0.2) is 17.9 Å². The number of hydrogen-bond acceptors (Lipinski definition) is 5. The number of carbonyl (C=O) groups is 1. The zero-order valence-electron chi connectivity index (χ0n) is 15.1. The van der Waals surface area contributed by atoms with Crippen molar-refractivity contribution in [3.05, 3.63) is 17.9 Å². The Morgan fingerprint density at radius 2 is 1.96 bits per heavy atom. The molecule has 2 aliphatic rings. The molecule has 1 atom stereocenters. The zero-order valence-corrected chi connectivity index (χ0v) is 15.1. The van der Waals surface area contributed by atoms with Crippen molar-refractivity contribution < 1.29 is 19.1 Å². The number of methoxy groups -OCH3 is 1. The first kappa shape index (κ1) is 18.6. The van der Waals surface area contributed by atoms with Crippen molar-refractivity contribution in [1.82, 2.24) is 9.80 Å². The van der Waals surface area contributed by atoms with Crippen LogP contribution in [0.1, 0.15) is 33.6 Å². The maximum absolute atomic E-state index is 12.2. The maximum Gasteiger partial charge on any atom is 0.410 e. The number of rotatable bonds is 4. The summed E-state index contributed by atoms with van der Waals surface area (Å²) in [5.41, 5.74) is -0.278. The van der Waals surface area contributed by atoms with E-state index in [1.807, 2.05) is 31.7 Å². The van der Waals surface area contributed by atoms with E-state index < -0.39 is 5.60 Å². The number of amides is 1. The first-order valence-corrected chi connectivity index (χ1v) is 8.43. The van der Waals surface area contributed by atoms with Gasteiger partial charge in [0.2, 0.25) is 5.76 Å². The monoisotopic (exact) mass is 336 g/mol. The Morgan fingerprint density at radius 3 is 2.58 bits per heavy atom. The van der Waals surface area contributed by atoms with Gasteiger partial charge in [0.25, 0.3) is 0 Å². The summed E-state index contributed by atoms with van der Waals surface area (Å²) in [6.45, 7) is 9.93. The largest absolute Gasteiger partial charge is 0.487 e. The van der Waals surface area contributed by atoms with Crippen molar-refractivity contribution in [3.63, 3.8) is 0 Å². The van der Waals surface area contributed by atoms with Gasteiger partial charge in [-0.2, -0.15) is 0 Å². The van der Waals surface area contributed by atoms with Crippen LogP contribution in [0.5, 0.6) is 0 Å². The Hall–Kier alpha value is -1.78. The van der Waals surface area contributed by atoms with E-state index in [-0.39, 0.29) is 17.3 Å². The van der Waals surface area contributed by atoms with E-state index in [1.165, 1.54) is 7.11 Å². The molecule has 2 rings (SSSR count). The molecule has 0 aromatic heterocycles. The van der Waals surface area contributed by atoms with E-state index in [0.717, 1.165) is 45.6 Å². The van der Waals surface area contributed by atoms with Crippen LogP contribution in [0.3, 0.4) is 0 Å². The summed E-state index contributed by atoms with van der Waals surface area (Å²) in [5.74, 6) is 1.95. The fourth-order valence-electron chi connectivity index (χ4n) is 3.39. The van der Waals surface area contributed by atoms with Crippen molar-refractivity contribution in [2.75, 3.05) is 39.8 Å². The third kappa shape index (κ3) is 4.86. The van der Waals surface area contributed by atoms with Gasteiger partial charge in [-0.15, -0.1) is 0 Å². The third-order valence-corrected chi connectivity index (χ3v) is 4.56. The number of ether oxygens (including phenoxy) is 2. The molecule has 0 saturated carbocycles. The molecule has 0 N–H and O–H groups in total. The Bertz CT molecular complexity index is 546. The molecule has 0 bridgehead atoms. The lowest BCUT2D eigenvalue weighted by Gasteiger charge is -2.27. The minimum atomic E-state index is -0.454. The van der Waals surface area contributed by atoms with Gasteiger partial charge in [0.1, 0.15) is 5.60 Å². The molecule has 24 heavy (non-hydrogen) atoms. The van der Waals surface area contributed by atoms with Gasteiger partial charge in [0, 0.05) is 31.6 Å². The number of allylic oxidation sites excluding steroid dienone is 1. The second-order valence-electron chi connectivity index (χ2n) is 7.71. The SMILES string of the molecule is COC(=C=O)/C=C/CN1CCC2(CCN(C(=O)OC(C)(C)C)C2)C1. The molecule has 2 saturated heterocycles. The van der Waals surface area contributed by atoms with Gasteiger partial charge in [-0.3, -0.25) is 4.90 Å². The van der Waals surface area contributed by atoms with Gasteiger partial charge in [0.05, 0.1) is 7.11 Å². The van der Waals surface area contributed by atoms with E-state index in [0.29, 0.717) is 0 Å². The Morgan fingerprint density at radius 1 is 1.25 bits per heavy atom. The summed E-state index contributed by atoms with van der Waals surface area (Å²) < 4.78 is 10.3. The molecule has 1 spiro atoms. The zero-order chi connectivity index (χ0) is 17.8. The van der Waals surface area contributed by atoms with E-state index >= 15 is 0 Å². The summed E-state index contributed by atoms with van der Waals surface area (Å²) in [5, 5.41) is 0. The first-order chi connectivity index (χ1) is 11.3. The van der Waals surface area contributed by atoms with E-state index in [4.69, 9.17) is 9.47 Å². The molecule has 0 aromatic rings. The Balaban J connectivity index is 1.84. The van der Waals surface area contributed by atoms with E-state index in [1.54, 1.807) is 12.0 Å². The molecule has 2 heterocycles. The van der Waals surface area contributed by atoms with Crippen molar-refractivity contribution in [2.24, 2.45) is 5.41 Å². The van der Waals surface area contributed by atoms with Crippen molar-refractivity contribution in [1.29, 1.82) is 0 Å². The number of hydrogen-bond donors (Lipinski definition) is 0. The molecule has 0 aromatic carbocycles. The van der Waals surface area contributed by atoms with Crippen molar-refractivity contribution in [3.8, 4) is 0 Å². The number of nitrogens with zero attached hydrogens (tertiary/aromatic N) is 2. The maximum atomic E-state index is 12.2. The minimum Gasteiger partial charge on any atom is -0.487 e.